The molecule has 136 valence electrons. The lowest BCUT2D eigenvalue weighted by Gasteiger charge is -2.17. The zero-order valence-electron chi connectivity index (χ0n) is 13.7. The van der Waals surface area contributed by atoms with Gasteiger partial charge in [0.15, 0.2) is 6.04 Å². The van der Waals surface area contributed by atoms with Crippen molar-refractivity contribution >= 4 is 17.8 Å². The molecule has 1 heterocycles. The van der Waals surface area contributed by atoms with E-state index in [-0.39, 0.29) is 5.56 Å². The van der Waals surface area contributed by atoms with Gasteiger partial charge in [0.25, 0.3) is 11.5 Å². The van der Waals surface area contributed by atoms with E-state index in [2.05, 4.69) is 20.4 Å². The van der Waals surface area contributed by atoms with Crippen LogP contribution in [0.25, 0.3) is 0 Å². The van der Waals surface area contributed by atoms with Gasteiger partial charge < -0.3 is 20.4 Å². The standard InChI is InChI=1S/C16H16N4O6/c1-26-15(24)12(9-5-3-2-4-6-9)19-11(21)8-17-13(22)10-7-18-16(25)20-14(10)23/h2-7,12H,8H2,1H3,(H,17,22)(H,19,21)(H2,18,20,23,25)/t12-/m1/s1. The van der Waals surface area contributed by atoms with Gasteiger partial charge in [-0.2, -0.15) is 0 Å². The molecule has 1 aromatic heterocycles. The average molecular weight is 360 g/mol. The summed E-state index contributed by atoms with van der Waals surface area (Å²) in [5.41, 5.74) is -1.49. The Labute approximate surface area is 146 Å². The van der Waals surface area contributed by atoms with Crippen molar-refractivity contribution < 1.29 is 19.1 Å². The lowest BCUT2D eigenvalue weighted by Crippen LogP contribution is -2.42. The van der Waals surface area contributed by atoms with Crippen molar-refractivity contribution in [1.82, 2.24) is 20.6 Å². The van der Waals surface area contributed by atoms with E-state index < -0.39 is 41.6 Å². The molecule has 2 amide bonds. The number of rotatable bonds is 6. The summed E-state index contributed by atoms with van der Waals surface area (Å²) in [4.78, 5) is 62.3. The highest BCUT2D eigenvalue weighted by atomic mass is 16.5. The van der Waals surface area contributed by atoms with Gasteiger partial charge in [0, 0.05) is 6.20 Å². The first-order valence-corrected chi connectivity index (χ1v) is 7.44. The Hall–Kier alpha value is -3.69. The number of carbonyl (C=O) groups excluding carboxylic acids is 3. The number of aromatic nitrogens is 2. The second-order valence-corrected chi connectivity index (χ2v) is 5.10. The van der Waals surface area contributed by atoms with E-state index >= 15 is 0 Å². The molecule has 0 unspecified atom stereocenters. The number of ether oxygens (including phenoxy) is 1. The summed E-state index contributed by atoms with van der Waals surface area (Å²) in [6, 6.07) is 7.38. The lowest BCUT2D eigenvalue weighted by atomic mass is 10.1. The quantitative estimate of drug-likeness (QED) is 0.476. The number of carbonyl (C=O) groups is 3. The highest BCUT2D eigenvalue weighted by Gasteiger charge is 2.23. The van der Waals surface area contributed by atoms with Crippen LogP contribution in [0, 0.1) is 0 Å². The van der Waals surface area contributed by atoms with E-state index in [0.29, 0.717) is 5.56 Å². The van der Waals surface area contributed by atoms with Crippen LogP contribution in [0.5, 0.6) is 0 Å². The van der Waals surface area contributed by atoms with Gasteiger partial charge in [-0.1, -0.05) is 30.3 Å². The first-order valence-electron chi connectivity index (χ1n) is 7.44. The Bertz CT molecular complexity index is 918. The Balaban J connectivity index is 2.02. The zero-order chi connectivity index (χ0) is 19.1. The number of H-pyrrole nitrogens is 2. The van der Waals surface area contributed by atoms with Crippen molar-refractivity contribution in [2.45, 2.75) is 6.04 Å². The molecule has 1 aromatic carbocycles. The van der Waals surface area contributed by atoms with Gasteiger partial charge >= 0.3 is 11.7 Å². The summed E-state index contributed by atoms with van der Waals surface area (Å²) >= 11 is 0. The summed E-state index contributed by atoms with van der Waals surface area (Å²) in [6.45, 7) is -0.488. The van der Waals surface area contributed by atoms with Gasteiger partial charge in [0.1, 0.15) is 5.56 Å². The summed E-state index contributed by atoms with van der Waals surface area (Å²) in [5.74, 6) is -2.20. The van der Waals surface area contributed by atoms with Crippen molar-refractivity contribution in [2.75, 3.05) is 13.7 Å². The van der Waals surface area contributed by atoms with Crippen LogP contribution < -0.4 is 21.9 Å². The molecular formula is C16H16N4O6. The maximum absolute atomic E-state index is 12.0. The SMILES string of the molecule is COC(=O)[C@H](NC(=O)CNC(=O)c1c[nH]c(=O)[nH]c1=O)c1ccccc1. The van der Waals surface area contributed by atoms with Crippen LogP contribution in [-0.4, -0.2) is 41.4 Å². The summed E-state index contributed by atoms with van der Waals surface area (Å²) < 4.78 is 4.67. The maximum Gasteiger partial charge on any atom is 0.333 e. The predicted octanol–water partition coefficient (Wildman–Crippen LogP) is -1.18. The molecule has 0 saturated carbocycles. The van der Waals surface area contributed by atoms with E-state index in [1.165, 1.54) is 7.11 Å². The molecule has 2 rings (SSSR count). The number of esters is 1. The van der Waals surface area contributed by atoms with Crippen LogP contribution in [0.15, 0.2) is 46.1 Å². The third-order valence-corrected chi connectivity index (χ3v) is 3.35. The Kier molecular flexibility index (Phi) is 6.04. The monoisotopic (exact) mass is 360 g/mol. The fourth-order valence-electron chi connectivity index (χ4n) is 2.09. The smallest absolute Gasteiger partial charge is 0.333 e. The molecule has 26 heavy (non-hydrogen) atoms. The molecule has 10 nitrogen and oxygen atoms in total. The molecule has 2 aromatic rings. The molecule has 0 fully saturated rings. The van der Waals surface area contributed by atoms with Gasteiger partial charge in [-0.05, 0) is 5.56 Å². The molecule has 0 aliphatic heterocycles. The van der Waals surface area contributed by atoms with Crippen LogP contribution in [0.1, 0.15) is 22.0 Å². The van der Waals surface area contributed by atoms with E-state index in [1.807, 2.05) is 4.98 Å². The molecule has 0 aliphatic carbocycles. The first kappa shape index (κ1) is 18.6. The van der Waals surface area contributed by atoms with Gasteiger partial charge in [-0.15, -0.1) is 0 Å². The number of aromatic amines is 2. The Morgan fingerprint density at radius 2 is 1.85 bits per heavy atom. The number of hydrogen-bond donors (Lipinski definition) is 4. The van der Waals surface area contributed by atoms with Crippen LogP contribution in [-0.2, 0) is 14.3 Å². The summed E-state index contributed by atoms with van der Waals surface area (Å²) in [6.07, 6.45) is 0.940. The van der Waals surface area contributed by atoms with Gasteiger partial charge in [-0.3, -0.25) is 19.4 Å². The second-order valence-electron chi connectivity index (χ2n) is 5.10. The van der Waals surface area contributed by atoms with E-state index in [0.717, 1.165) is 6.20 Å². The minimum absolute atomic E-state index is 0.357. The summed E-state index contributed by atoms with van der Waals surface area (Å²) in [5, 5.41) is 4.67. The molecule has 4 N–H and O–H groups in total. The minimum atomic E-state index is -1.04. The lowest BCUT2D eigenvalue weighted by molar-refractivity contribution is -0.145. The molecule has 0 spiro atoms. The molecular weight excluding hydrogens is 344 g/mol. The zero-order valence-corrected chi connectivity index (χ0v) is 13.7. The van der Waals surface area contributed by atoms with Crippen LogP contribution >= 0.6 is 0 Å². The summed E-state index contributed by atoms with van der Waals surface area (Å²) in [7, 11) is 1.19. The van der Waals surface area contributed by atoms with Crippen molar-refractivity contribution in [1.29, 1.82) is 0 Å². The fraction of sp³-hybridized carbons (Fsp3) is 0.188. The molecule has 0 saturated heterocycles. The number of amides is 2. The highest BCUT2D eigenvalue weighted by molar-refractivity contribution is 5.96. The van der Waals surface area contributed by atoms with Crippen LogP contribution in [0.4, 0.5) is 0 Å². The molecule has 0 radical (unpaired) electrons. The third kappa shape index (κ3) is 4.66. The van der Waals surface area contributed by atoms with E-state index in [4.69, 9.17) is 0 Å². The van der Waals surface area contributed by atoms with Gasteiger partial charge in [0.2, 0.25) is 5.91 Å². The van der Waals surface area contributed by atoms with Crippen LogP contribution in [0.3, 0.4) is 0 Å². The van der Waals surface area contributed by atoms with Crippen molar-refractivity contribution in [2.24, 2.45) is 0 Å². The van der Waals surface area contributed by atoms with E-state index in [1.54, 1.807) is 30.3 Å². The topological polar surface area (TPSA) is 150 Å². The van der Waals surface area contributed by atoms with Crippen LogP contribution in [0.2, 0.25) is 0 Å². The van der Waals surface area contributed by atoms with E-state index in [9.17, 15) is 24.0 Å². The normalized spacial score (nSPS) is 11.3. The Morgan fingerprint density at radius 3 is 2.46 bits per heavy atom. The first-order chi connectivity index (χ1) is 12.4. The van der Waals surface area contributed by atoms with Gasteiger partial charge in [0.05, 0.1) is 13.7 Å². The number of nitrogens with one attached hydrogen (secondary N) is 4. The molecule has 1 atom stereocenters. The number of hydrogen-bond acceptors (Lipinski definition) is 6. The Morgan fingerprint density at radius 1 is 1.15 bits per heavy atom. The van der Waals surface area contributed by atoms with Gasteiger partial charge in [-0.25, -0.2) is 9.59 Å². The number of methoxy groups -OCH3 is 1. The molecule has 0 aliphatic rings. The average Bonchev–Trinajstić information content (AvgIpc) is 2.64. The molecule has 10 heteroatoms. The van der Waals surface area contributed by atoms with Crippen molar-refractivity contribution in [3.05, 3.63) is 68.5 Å². The maximum atomic E-state index is 12.0. The second kappa shape index (κ2) is 8.42. The predicted molar refractivity (Wildman–Crippen MR) is 89.4 cm³/mol. The van der Waals surface area contributed by atoms with Crippen molar-refractivity contribution in [3.8, 4) is 0 Å². The third-order valence-electron chi connectivity index (χ3n) is 3.35. The fourth-order valence-corrected chi connectivity index (χ4v) is 2.09. The largest absolute Gasteiger partial charge is 0.467 e. The minimum Gasteiger partial charge on any atom is -0.467 e. The highest BCUT2D eigenvalue weighted by Crippen LogP contribution is 2.13. The van der Waals surface area contributed by atoms with Crippen molar-refractivity contribution in [3.63, 3.8) is 0 Å². The number of benzene rings is 1. The molecule has 0 bridgehead atoms.